The Balaban J connectivity index is 1.45. The number of aryl methyl sites for hydroxylation is 1. The van der Waals surface area contributed by atoms with Gasteiger partial charge in [-0.05, 0) is 65.6 Å². The van der Waals surface area contributed by atoms with Crippen molar-refractivity contribution in [3.05, 3.63) is 65.0 Å². The van der Waals surface area contributed by atoms with Crippen LogP contribution >= 0.6 is 0 Å². The number of hydrogen-bond donors (Lipinski definition) is 0. The Hall–Kier alpha value is -2.93. The molecule has 7 nitrogen and oxygen atoms in total. The van der Waals surface area contributed by atoms with Crippen LogP contribution < -0.4 is 9.64 Å². The average molecular weight is 421 g/mol. The second-order valence-electron chi connectivity index (χ2n) is 8.21. The van der Waals surface area contributed by atoms with Crippen LogP contribution in [0.4, 0.5) is 5.69 Å². The first-order valence-corrected chi connectivity index (χ1v) is 11.0. The standard InChI is InChI=1S/C24H32N6O/c1-5-22(24-25-26-27-30(24)17-20-9-11-21(31-4)12-10-20)28-13-15-29(16-14-28)23-8-6-7-18(2)19(23)3/h6-12,22H,5,13-17H2,1-4H3/t22-/m1/s1. The summed E-state index contributed by atoms with van der Waals surface area (Å²) < 4.78 is 7.20. The lowest BCUT2D eigenvalue weighted by molar-refractivity contribution is 0.169. The summed E-state index contributed by atoms with van der Waals surface area (Å²) in [6.07, 6.45) is 0.979. The summed E-state index contributed by atoms with van der Waals surface area (Å²) in [5, 5.41) is 12.7. The average Bonchev–Trinajstić information content (AvgIpc) is 3.25. The molecule has 0 aliphatic carbocycles. The Bertz CT molecular complexity index is 992. The third-order valence-corrected chi connectivity index (χ3v) is 6.41. The van der Waals surface area contributed by atoms with Crippen molar-refractivity contribution in [3.63, 3.8) is 0 Å². The minimum Gasteiger partial charge on any atom is -0.497 e. The van der Waals surface area contributed by atoms with E-state index in [1.807, 2.05) is 16.8 Å². The van der Waals surface area contributed by atoms with Crippen LogP contribution in [0.3, 0.4) is 0 Å². The van der Waals surface area contributed by atoms with Gasteiger partial charge in [-0.15, -0.1) is 5.10 Å². The molecule has 1 atom stereocenters. The normalized spacial score (nSPS) is 15.8. The van der Waals surface area contributed by atoms with Crippen LogP contribution in [0.25, 0.3) is 0 Å². The molecule has 3 aromatic rings. The number of benzene rings is 2. The van der Waals surface area contributed by atoms with E-state index in [9.17, 15) is 0 Å². The van der Waals surface area contributed by atoms with E-state index >= 15 is 0 Å². The predicted molar refractivity (Wildman–Crippen MR) is 123 cm³/mol. The van der Waals surface area contributed by atoms with Crippen molar-refractivity contribution in [2.45, 2.75) is 39.8 Å². The van der Waals surface area contributed by atoms with Crippen molar-refractivity contribution in [3.8, 4) is 5.75 Å². The van der Waals surface area contributed by atoms with Gasteiger partial charge in [0.2, 0.25) is 0 Å². The molecule has 2 aromatic carbocycles. The zero-order valence-electron chi connectivity index (χ0n) is 19.0. The van der Waals surface area contributed by atoms with Crippen molar-refractivity contribution in [2.24, 2.45) is 0 Å². The fraction of sp³-hybridized carbons (Fsp3) is 0.458. The summed E-state index contributed by atoms with van der Waals surface area (Å²) in [6.45, 7) is 11.3. The lowest BCUT2D eigenvalue weighted by atomic mass is 10.1. The molecule has 1 fully saturated rings. The molecule has 2 heterocycles. The van der Waals surface area contributed by atoms with Crippen LogP contribution in [0.5, 0.6) is 5.75 Å². The predicted octanol–water partition coefficient (Wildman–Crippen LogP) is 3.62. The molecule has 31 heavy (non-hydrogen) atoms. The van der Waals surface area contributed by atoms with E-state index in [-0.39, 0.29) is 6.04 Å². The summed E-state index contributed by atoms with van der Waals surface area (Å²) in [5.41, 5.74) is 5.25. The van der Waals surface area contributed by atoms with Crippen LogP contribution in [0, 0.1) is 13.8 Å². The topological polar surface area (TPSA) is 59.3 Å². The highest BCUT2D eigenvalue weighted by molar-refractivity contribution is 5.56. The first kappa shape index (κ1) is 21.3. The first-order chi connectivity index (χ1) is 15.1. The molecular formula is C24H32N6O. The molecular weight excluding hydrogens is 388 g/mol. The Morgan fingerprint density at radius 2 is 1.74 bits per heavy atom. The van der Waals surface area contributed by atoms with Gasteiger partial charge < -0.3 is 9.64 Å². The number of anilines is 1. The molecule has 1 aromatic heterocycles. The molecule has 0 spiro atoms. The van der Waals surface area contributed by atoms with E-state index in [0.717, 1.165) is 49.7 Å². The fourth-order valence-corrected chi connectivity index (χ4v) is 4.42. The van der Waals surface area contributed by atoms with Crippen molar-refractivity contribution >= 4 is 5.69 Å². The molecule has 4 rings (SSSR count). The zero-order chi connectivity index (χ0) is 21.8. The molecule has 1 saturated heterocycles. The quantitative estimate of drug-likeness (QED) is 0.582. The summed E-state index contributed by atoms with van der Waals surface area (Å²) >= 11 is 0. The highest BCUT2D eigenvalue weighted by Gasteiger charge is 2.28. The Morgan fingerprint density at radius 3 is 2.42 bits per heavy atom. The van der Waals surface area contributed by atoms with Crippen LogP contribution in [0.15, 0.2) is 42.5 Å². The summed E-state index contributed by atoms with van der Waals surface area (Å²) in [5.74, 6) is 1.80. The number of ether oxygens (including phenoxy) is 1. The molecule has 0 N–H and O–H groups in total. The molecule has 0 amide bonds. The van der Waals surface area contributed by atoms with Gasteiger partial charge in [0.05, 0.1) is 19.7 Å². The van der Waals surface area contributed by atoms with Crippen LogP contribution in [0.2, 0.25) is 0 Å². The minimum atomic E-state index is 0.217. The maximum atomic E-state index is 5.26. The highest BCUT2D eigenvalue weighted by atomic mass is 16.5. The summed E-state index contributed by atoms with van der Waals surface area (Å²) in [4.78, 5) is 5.03. The largest absolute Gasteiger partial charge is 0.497 e. The molecule has 1 aliphatic heterocycles. The summed E-state index contributed by atoms with van der Waals surface area (Å²) in [6, 6.07) is 14.9. The van der Waals surface area contributed by atoms with Crippen molar-refractivity contribution in [1.29, 1.82) is 0 Å². The third kappa shape index (κ3) is 4.56. The Morgan fingerprint density at radius 1 is 1.00 bits per heavy atom. The SMILES string of the molecule is CC[C@H](c1nnnn1Cc1ccc(OC)cc1)N1CCN(c2cccc(C)c2C)CC1. The van der Waals surface area contributed by atoms with Gasteiger partial charge in [-0.2, -0.15) is 0 Å². The van der Waals surface area contributed by atoms with E-state index in [2.05, 4.69) is 76.4 Å². The highest BCUT2D eigenvalue weighted by Crippen LogP contribution is 2.28. The van der Waals surface area contributed by atoms with Gasteiger partial charge >= 0.3 is 0 Å². The van der Waals surface area contributed by atoms with Crippen LogP contribution in [0.1, 0.15) is 41.9 Å². The fourth-order valence-electron chi connectivity index (χ4n) is 4.42. The number of aromatic nitrogens is 4. The minimum absolute atomic E-state index is 0.217. The van der Waals surface area contributed by atoms with E-state index in [0.29, 0.717) is 6.54 Å². The van der Waals surface area contributed by atoms with Gasteiger partial charge in [0.15, 0.2) is 5.82 Å². The Labute approximate surface area is 184 Å². The van der Waals surface area contributed by atoms with Gasteiger partial charge in [0.1, 0.15) is 5.75 Å². The number of nitrogens with zero attached hydrogens (tertiary/aromatic N) is 6. The second kappa shape index (κ2) is 9.47. The smallest absolute Gasteiger partial charge is 0.168 e. The number of methoxy groups -OCH3 is 1. The van der Waals surface area contributed by atoms with Gasteiger partial charge in [0, 0.05) is 31.9 Å². The van der Waals surface area contributed by atoms with E-state index in [1.54, 1.807) is 7.11 Å². The monoisotopic (exact) mass is 420 g/mol. The number of tetrazole rings is 1. The number of hydrogen-bond acceptors (Lipinski definition) is 6. The summed E-state index contributed by atoms with van der Waals surface area (Å²) in [7, 11) is 1.68. The van der Waals surface area contributed by atoms with Gasteiger partial charge in [-0.3, -0.25) is 4.90 Å². The molecule has 0 saturated carbocycles. The van der Waals surface area contributed by atoms with Crippen molar-refractivity contribution in [1.82, 2.24) is 25.1 Å². The molecule has 7 heteroatoms. The van der Waals surface area contributed by atoms with Gasteiger partial charge in [0.25, 0.3) is 0 Å². The van der Waals surface area contributed by atoms with Crippen LogP contribution in [-0.2, 0) is 6.54 Å². The molecule has 164 valence electrons. The van der Waals surface area contributed by atoms with Crippen molar-refractivity contribution in [2.75, 3.05) is 38.2 Å². The van der Waals surface area contributed by atoms with Crippen LogP contribution in [-0.4, -0.2) is 58.4 Å². The van der Waals surface area contributed by atoms with E-state index in [1.165, 1.54) is 16.8 Å². The number of piperazine rings is 1. The molecule has 0 unspecified atom stereocenters. The van der Waals surface area contributed by atoms with Crippen molar-refractivity contribution < 1.29 is 4.74 Å². The van der Waals surface area contributed by atoms with Gasteiger partial charge in [-0.1, -0.05) is 31.2 Å². The maximum absolute atomic E-state index is 5.26. The van der Waals surface area contributed by atoms with E-state index < -0.39 is 0 Å². The lowest BCUT2D eigenvalue weighted by Crippen LogP contribution is -2.48. The molecule has 0 radical (unpaired) electrons. The van der Waals surface area contributed by atoms with E-state index in [4.69, 9.17) is 4.74 Å². The number of rotatable bonds is 7. The molecule has 0 bridgehead atoms. The second-order valence-corrected chi connectivity index (χ2v) is 8.21. The lowest BCUT2D eigenvalue weighted by Gasteiger charge is -2.40. The maximum Gasteiger partial charge on any atom is 0.168 e. The first-order valence-electron chi connectivity index (χ1n) is 11.0. The third-order valence-electron chi connectivity index (χ3n) is 6.41. The van der Waals surface area contributed by atoms with Gasteiger partial charge in [-0.25, -0.2) is 4.68 Å². The Kier molecular flexibility index (Phi) is 6.51. The zero-order valence-corrected chi connectivity index (χ0v) is 19.0. The molecule has 1 aliphatic rings.